The molecule has 0 aromatic heterocycles. The molecule has 0 amide bonds. The van der Waals surface area contributed by atoms with Gasteiger partial charge >= 0.3 is 0 Å². The molecular formula is C28H28N4O3. The van der Waals surface area contributed by atoms with Crippen molar-refractivity contribution < 1.29 is 14.2 Å². The Kier molecular flexibility index (Phi) is 6.53. The van der Waals surface area contributed by atoms with Gasteiger partial charge in [0, 0.05) is 6.92 Å². The Morgan fingerprint density at radius 2 is 1.60 bits per heavy atom. The van der Waals surface area contributed by atoms with E-state index in [2.05, 4.69) is 25.1 Å². The SMILES string of the molecule is CCCCCCOc1ccc(C2OC3(C)OC(=N)C(C#N)(C3c3ccccc3)C2(C#N)C#N)cc1. The van der Waals surface area contributed by atoms with E-state index >= 15 is 0 Å². The fourth-order valence-corrected chi connectivity index (χ4v) is 5.39. The first-order chi connectivity index (χ1) is 16.9. The van der Waals surface area contributed by atoms with E-state index in [1.54, 1.807) is 55.5 Å². The first kappa shape index (κ1) is 24.3. The minimum absolute atomic E-state index is 0.422. The number of nitrogens with one attached hydrogen (secondary N) is 1. The van der Waals surface area contributed by atoms with Crippen molar-refractivity contribution in [2.45, 2.75) is 57.3 Å². The molecule has 35 heavy (non-hydrogen) atoms. The topological polar surface area (TPSA) is 123 Å². The summed E-state index contributed by atoms with van der Waals surface area (Å²) in [5, 5.41) is 40.0. The summed E-state index contributed by atoms with van der Waals surface area (Å²) in [4.78, 5) is 0. The number of rotatable bonds is 8. The predicted octanol–water partition coefficient (Wildman–Crippen LogP) is 5.77. The van der Waals surface area contributed by atoms with Crippen molar-refractivity contribution in [3.63, 3.8) is 0 Å². The van der Waals surface area contributed by atoms with Crippen molar-refractivity contribution in [3.8, 4) is 24.0 Å². The lowest BCUT2D eigenvalue weighted by Gasteiger charge is -2.48. The summed E-state index contributed by atoms with van der Waals surface area (Å²) < 4.78 is 18.1. The summed E-state index contributed by atoms with van der Waals surface area (Å²) in [5.41, 5.74) is -2.66. The molecule has 0 saturated carbocycles. The van der Waals surface area contributed by atoms with Gasteiger partial charge in [-0.05, 0) is 29.7 Å². The van der Waals surface area contributed by atoms with Gasteiger partial charge in [-0.15, -0.1) is 0 Å². The molecule has 2 aromatic rings. The van der Waals surface area contributed by atoms with Crippen LogP contribution in [0.3, 0.4) is 0 Å². The highest BCUT2D eigenvalue weighted by molar-refractivity contribution is 5.90. The lowest BCUT2D eigenvalue weighted by Crippen LogP contribution is -2.57. The molecule has 2 heterocycles. The van der Waals surface area contributed by atoms with Crippen molar-refractivity contribution in [1.82, 2.24) is 0 Å². The number of nitriles is 3. The second kappa shape index (κ2) is 9.41. The van der Waals surface area contributed by atoms with E-state index in [0.717, 1.165) is 19.3 Å². The summed E-state index contributed by atoms with van der Waals surface area (Å²) in [6, 6.07) is 22.4. The van der Waals surface area contributed by atoms with Crippen LogP contribution in [-0.2, 0) is 9.47 Å². The van der Waals surface area contributed by atoms with Crippen LogP contribution in [0.15, 0.2) is 54.6 Å². The number of hydrogen-bond donors (Lipinski definition) is 1. The molecule has 2 saturated heterocycles. The molecule has 0 aliphatic carbocycles. The van der Waals surface area contributed by atoms with Crippen LogP contribution in [0.2, 0.25) is 0 Å². The first-order valence-corrected chi connectivity index (χ1v) is 11.9. The van der Waals surface area contributed by atoms with Gasteiger partial charge in [0.25, 0.3) is 0 Å². The van der Waals surface area contributed by atoms with E-state index in [9.17, 15) is 15.8 Å². The van der Waals surface area contributed by atoms with Crippen LogP contribution >= 0.6 is 0 Å². The standard InChI is InChI=1S/C28H28N4O3/c1-3-4-5-9-16-33-22-14-12-21(13-15-22)24-27(17-29,18-30)28(19-31)23(20-10-7-6-8-11-20)26(2,34-24)35-25(28)32/h6-8,10-15,23-24,32H,3-5,9,16H2,1-2H3. The minimum atomic E-state index is -2.02. The highest BCUT2D eigenvalue weighted by Gasteiger charge is 2.79. The maximum Gasteiger partial charge on any atom is 0.218 e. The van der Waals surface area contributed by atoms with Gasteiger partial charge in [-0.25, -0.2) is 0 Å². The van der Waals surface area contributed by atoms with Gasteiger partial charge in [-0.2, -0.15) is 15.8 Å². The number of ether oxygens (including phenoxy) is 3. The fraction of sp³-hybridized carbons (Fsp3) is 0.429. The zero-order valence-corrected chi connectivity index (χ0v) is 20.0. The summed E-state index contributed by atoms with van der Waals surface area (Å²) >= 11 is 0. The Hall–Kier alpha value is -3.86. The Morgan fingerprint density at radius 1 is 0.914 bits per heavy atom. The summed E-state index contributed by atoms with van der Waals surface area (Å²) in [6.45, 7) is 4.43. The first-order valence-electron chi connectivity index (χ1n) is 11.9. The monoisotopic (exact) mass is 468 g/mol. The Labute approximate surface area is 206 Å². The normalized spacial score (nSPS) is 28.3. The van der Waals surface area contributed by atoms with Gasteiger partial charge in [-0.3, -0.25) is 5.41 Å². The van der Waals surface area contributed by atoms with E-state index in [-0.39, 0.29) is 0 Å². The highest BCUT2D eigenvalue weighted by atomic mass is 16.7. The maximum absolute atomic E-state index is 10.5. The van der Waals surface area contributed by atoms with Crippen molar-refractivity contribution in [2.24, 2.45) is 10.8 Å². The lowest BCUT2D eigenvalue weighted by molar-refractivity contribution is -0.253. The Bertz CT molecular complexity index is 1190. The summed E-state index contributed by atoms with van der Waals surface area (Å²) in [6.07, 6.45) is 3.30. The fourth-order valence-electron chi connectivity index (χ4n) is 5.39. The van der Waals surface area contributed by atoms with Crippen LogP contribution in [0.25, 0.3) is 0 Å². The molecular weight excluding hydrogens is 440 g/mol. The van der Waals surface area contributed by atoms with E-state index in [4.69, 9.17) is 19.6 Å². The molecule has 4 rings (SSSR count). The average Bonchev–Trinajstić information content (AvgIpc) is 3.07. The molecule has 2 aliphatic rings. The molecule has 1 N–H and O–H groups in total. The highest BCUT2D eigenvalue weighted by Crippen LogP contribution is 2.69. The molecule has 0 radical (unpaired) electrons. The zero-order chi connectivity index (χ0) is 25.1. The molecule has 4 unspecified atom stereocenters. The van der Waals surface area contributed by atoms with E-state index in [1.807, 2.05) is 6.07 Å². The largest absolute Gasteiger partial charge is 0.494 e. The molecule has 178 valence electrons. The quantitative estimate of drug-likeness (QED) is 0.491. The van der Waals surface area contributed by atoms with Crippen LogP contribution in [0.1, 0.15) is 62.7 Å². The molecule has 2 aromatic carbocycles. The van der Waals surface area contributed by atoms with Crippen LogP contribution in [-0.4, -0.2) is 18.3 Å². The molecule has 0 spiro atoms. The van der Waals surface area contributed by atoms with Crippen molar-refractivity contribution in [1.29, 1.82) is 21.2 Å². The van der Waals surface area contributed by atoms with Crippen LogP contribution < -0.4 is 4.74 Å². The van der Waals surface area contributed by atoms with Gasteiger partial charge < -0.3 is 14.2 Å². The van der Waals surface area contributed by atoms with Crippen LogP contribution in [0, 0.1) is 50.2 Å². The summed E-state index contributed by atoms with van der Waals surface area (Å²) in [5.74, 6) is -2.00. The van der Waals surface area contributed by atoms with Crippen molar-refractivity contribution >= 4 is 5.90 Å². The second-order valence-corrected chi connectivity index (χ2v) is 9.22. The predicted molar refractivity (Wildman–Crippen MR) is 128 cm³/mol. The van der Waals surface area contributed by atoms with Crippen LogP contribution in [0.4, 0.5) is 0 Å². The minimum Gasteiger partial charge on any atom is -0.494 e. The lowest BCUT2D eigenvalue weighted by atomic mass is 9.52. The Morgan fingerprint density at radius 3 is 2.20 bits per heavy atom. The zero-order valence-electron chi connectivity index (χ0n) is 20.0. The smallest absolute Gasteiger partial charge is 0.218 e. The number of benzene rings is 2. The van der Waals surface area contributed by atoms with Gasteiger partial charge in [-0.1, -0.05) is 68.7 Å². The van der Waals surface area contributed by atoms with E-state index in [1.165, 1.54) is 6.42 Å². The summed E-state index contributed by atoms with van der Waals surface area (Å²) in [7, 11) is 0. The number of hydrogen-bond acceptors (Lipinski definition) is 7. The van der Waals surface area contributed by atoms with E-state index in [0.29, 0.717) is 23.5 Å². The van der Waals surface area contributed by atoms with Gasteiger partial charge in [0.1, 0.15) is 11.9 Å². The number of nitrogens with zero attached hydrogens (tertiary/aromatic N) is 3. The molecule has 2 fully saturated rings. The molecule has 2 aliphatic heterocycles. The molecule has 2 bridgehead atoms. The third-order valence-electron chi connectivity index (χ3n) is 7.10. The average molecular weight is 469 g/mol. The number of fused-ring (bicyclic) bond motifs is 2. The van der Waals surface area contributed by atoms with Crippen molar-refractivity contribution in [3.05, 3.63) is 65.7 Å². The number of unbranched alkanes of at least 4 members (excludes halogenated alkanes) is 3. The molecule has 7 nitrogen and oxygen atoms in total. The maximum atomic E-state index is 10.5. The van der Waals surface area contributed by atoms with Gasteiger partial charge in [0.15, 0.2) is 5.41 Å². The van der Waals surface area contributed by atoms with Gasteiger partial charge in [0.05, 0.1) is 30.7 Å². The van der Waals surface area contributed by atoms with Gasteiger partial charge in [0.2, 0.25) is 17.1 Å². The van der Waals surface area contributed by atoms with E-state index < -0.39 is 34.5 Å². The third kappa shape index (κ3) is 3.63. The van der Waals surface area contributed by atoms with Crippen LogP contribution in [0.5, 0.6) is 5.75 Å². The third-order valence-corrected chi connectivity index (χ3v) is 7.10. The van der Waals surface area contributed by atoms with Crippen molar-refractivity contribution in [2.75, 3.05) is 6.61 Å². The second-order valence-electron chi connectivity index (χ2n) is 9.22. The Balaban J connectivity index is 1.73. The molecule has 7 heteroatoms. The molecule has 4 atom stereocenters.